The number of rotatable bonds is 6. The molecule has 0 aliphatic rings. The lowest BCUT2D eigenvalue weighted by molar-refractivity contribution is -0.113. The van der Waals surface area contributed by atoms with Crippen LogP contribution in [0.2, 0.25) is 0 Å². The standard InChI is InChI=1S/C16H18N4OS2/c1-20(12-7-4-3-5-8-12)15(21)9-6-10-23-16-18-13(17)11-14(19-16)22-2/h3-9,11H,10H2,1-2H3,(H2,17,18,19). The number of benzene rings is 1. The molecule has 0 atom stereocenters. The van der Waals surface area contributed by atoms with Gasteiger partial charge in [0.05, 0.1) is 0 Å². The van der Waals surface area contributed by atoms with Crippen LogP contribution in [0.15, 0.2) is 58.7 Å². The van der Waals surface area contributed by atoms with Gasteiger partial charge in [0.2, 0.25) is 5.91 Å². The third-order valence-corrected chi connectivity index (χ3v) is 4.38. The summed E-state index contributed by atoms with van der Waals surface area (Å²) >= 11 is 2.96. The predicted octanol–water partition coefficient (Wildman–Crippen LogP) is 3.09. The number of amides is 1. The van der Waals surface area contributed by atoms with Crippen LogP contribution in [0.25, 0.3) is 0 Å². The van der Waals surface area contributed by atoms with Gasteiger partial charge in [-0.2, -0.15) is 0 Å². The van der Waals surface area contributed by atoms with E-state index in [1.165, 1.54) is 23.5 Å². The Morgan fingerprint density at radius 1 is 1.30 bits per heavy atom. The van der Waals surface area contributed by atoms with Crippen molar-refractivity contribution in [2.24, 2.45) is 0 Å². The molecule has 23 heavy (non-hydrogen) atoms. The van der Waals surface area contributed by atoms with E-state index in [9.17, 15) is 4.79 Å². The Kier molecular flexibility index (Phi) is 6.49. The number of thioether (sulfide) groups is 2. The largest absolute Gasteiger partial charge is 0.384 e. The Bertz CT molecular complexity index is 692. The highest BCUT2D eigenvalue weighted by Gasteiger charge is 2.06. The quantitative estimate of drug-likeness (QED) is 0.375. The fraction of sp³-hybridized carbons (Fsp3) is 0.188. The number of anilines is 2. The minimum Gasteiger partial charge on any atom is -0.384 e. The van der Waals surface area contributed by atoms with Crippen molar-refractivity contribution in [3.05, 3.63) is 48.6 Å². The van der Waals surface area contributed by atoms with Crippen LogP contribution in [-0.2, 0) is 4.79 Å². The molecule has 1 amide bonds. The summed E-state index contributed by atoms with van der Waals surface area (Å²) in [5, 5.41) is 1.45. The van der Waals surface area contributed by atoms with Gasteiger partial charge in [-0.25, -0.2) is 9.97 Å². The third-order valence-electron chi connectivity index (χ3n) is 2.95. The number of likely N-dealkylation sites (N-methyl/N-ethyl adjacent to an activating group) is 1. The maximum absolute atomic E-state index is 12.1. The highest BCUT2D eigenvalue weighted by Crippen LogP contribution is 2.20. The number of carbonyl (C=O) groups excluding carboxylic acids is 1. The minimum atomic E-state index is -0.0740. The first kappa shape index (κ1) is 17.4. The molecule has 0 fully saturated rings. The van der Waals surface area contributed by atoms with E-state index in [1.807, 2.05) is 36.6 Å². The molecule has 0 saturated carbocycles. The summed E-state index contributed by atoms with van der Waals surface area (Å²) in [4.78, 5) is 22.2. The summed E-state index contributed by atoms with van der Waals surface area (Å²) in [5.41, 5.74) is 6.59. The Balaban J connectivity index is 1.89. The van der Waals surface area contributed by atoms with Gasteiger partial charge >= 0.3 is 0 Å². The van der Waals surface area contributed by atoms with Crippen LogP contribution in [0.1, 0.15) is 0 Å². The fourth-order valence-corrected chi connectivity index (χ4v) is 2.90. The fourth-order valence-electron chi connectivity index (χ4n) is 1.75. The zero-order valence-corrected chi connectivity index (χ0v) is 14.6. The molecule has 1 aromatic carbocycles. The second-order valence-electron chi connectivity index (χ2n) is 4.56. The number of aromatic nitrogens is 2. The van der Waals surface area contributed by atoms with Crippen LogP contribution in [0, 0.1) is 0 Å². The Labute approximate surface area is 144 Å². The first-order chi connectivity index (χ1) is 11.1. The Morgan fingerprint density at radius 3 is 2.74 bits per heavy atom. The van der Waals surface area contributed by atoms with Gasteiger partial charge in [-0.15, -0.1) is 11.8 Å². The maximum Gasteiger partial charge on any atom is 0.250 e. The average Bonchev–Trinajstić information content (AvgIpc) is 2.58. The van der Waals surface area contributed by atoms with Crippen LogP contribution < -0.4 is 10.6 Å². The van der Waals surface area contributed by atoms with E-state index in [1.54, 1.807) is 30.2 Å². The predicted molar refractivity (Wildman–Crippen MR) is 97.9 cm³/mol. The number of nitrogens with two attached hydrogens (primary N) is 1. The average molecular weight is 346 g/mol. The summed E-state index contributed by atoms with van der Waals surface area (Å²) in [5.74, 6) is 0.983. The lowest BCUT2D eigenvalue weighted by Crippen LogP contribution is -2.23. The maximum atomic E-state index is 12.1. The van der Waals surface area contributed by atoms with Gasteiger partial charge in [-0.05, 0) is 18.4 Å². The topological polar surface area (TPSA) is 72.1 Å². The zero-order chi connectivity index (χ0) is 16.7. The van der Waals surface area contributed by atoms with Crippen LogP contribution in [0.5, 0.6) is 0 Å². The molecule has 0 saturated heterocycles. The first-order valence-electron chi connectivity index (χ1n) is 6.91. The normalized spacial score (nSPS) is 10.9. The highest BCUT2D eigenvalue weighted by molar-refractivity contribution is 7.99. The van der Waals surface area contributed by atoms with Crippen LogP contribution in [0.3, 0.4) is 0 Å². The van der Waals surface area contributed by atoms with Gasteiger partial charge in [0.1, 0.15) is 10.8 Å². The van der Waals surface area contributed by atoms with E-state index in [0.29, 0.717) is 16.7 Å². The van der Waals surface area contributed by atoms with Crippen molar-refractivity contribution in [1.82, 2.24) is 9.97 Å². The van der Waals surface area contributed by atoms with Crippen molar-refractivity contribution in [3.63, 3.8) is 0 Å². The van der Waals surface area contributed by atoms with E-state index in [-0.39, 0.29) is 5.91 Å². The molecule has 0 unspecified atom stereocenters. The lowest BCUT2D eigenvalue weighted by Gasteiger charge is -2.14. The number of nitrogens with zero attached hydrogens (tertiary/aromatic N) is 3. The third kappa shape index (κ3) is 5.30. The van der Waals surface area contributed by atoms with E-state index in [4.69, 9.17) is 5.73 Å². The minimum absolute atomic E-state index is 0.0740. The number of para-hydroxylation sites is 1. The van der Waals surface area contributed by atoms with Gasteiger partial charge in [0, 0.05) is 30.6 Å². The monoisotopic (exact) mass is 346 g/mol. The van der Waals surface area contributed by atoms with E-state index in [2.05, 4.69) is 9.97 Å². The number of nitrogen functional groups attached to an aromatic ring is 1. The van der Waals surface area contributed by atoms with Crippen molar-refractivity contribution < 1.29 is 4.79 Å². The molecule has 5 nitrogen and oxygen atoms in total. The van der Waals surface area contributed by atoms with Gasteiger partial charge in [0.25, 0.3) is 0 Å². The molecular formula is C16H18N4OS2. The molecule has 2 N–H and O–H groups in total. The second-order valence-corrected chi connectivity index (χ2v) is 6.38. The van der Waals surface area contributed by atoms with Gasteiger partial charge in [0.15, 0.2) is 5.16 Å². The molecule has 2 rings (SSSR count). The van der Waals surface area contributed by atoms with Crippen LogP contribution >= 0.6 is 23.5 Å². The molecule has 2 aromatic rings. The number of carbonyl (C=O) groups is 1. The summed E-state index contributed by atoms with van der Waals surface area (Å²) in [6.07, 6.45) is 5.30. The first-order valence-corrected chi connectivity index (χ1v) is 9.12. The highest BCUT2D eigenvalue weighted by atomic mass is 32.2. The molecule has 0 aliphatic heterocycles. The van der Waals surface area contributed by atoms with Gasteiger partial charge in [-0.1, -0.05) is 36.0 Å². The smallest absolute Gasteiger partial charge is 0.250 e. The molecule has 0 radical (unpaired) electrons. The van der Waals surface area contributed by atoms with Crippen LogP contribution in [0.4, 0.5) is 11.5 Å². The van der Waals surface area contributed by atoms with Crippen molar-refractivity contribution in [2.45, 2.75) is 10.2 Å². The molecule has 120 valence electrons. The summed E-state index contributed by atoms with van der Waals surface area (Å²) in [6, 6.07) is 11.2. The molecule has 0 aliphatic carbocycles. The zero-order valence-electron chi connectivity index (χ0n) is 13.0. The van der Waals surface area contributed by atoms with Gasteiger partial charge in [-0.3, -0.25) is 4.79 Å². The summed E-state index contributed by atoms with van der Waals surface area (Å²) in [6.45, 7) is 0. The molecule has 1 aromatic heterocycles. The second kappa shape index (κ2) is 8.59. The lowest BCUT2D eigenvalue weighted by atomic mass is 10.3. The SMILES string of the molecule is CSc1cc(N)nc(SCC=CC(=O)N(C)c2ccccc2)n1. The van der Waals surface area contributed by atoms with Crippen molar-refractivity contribution in [1.29, 1.82) is 0 Å². The number of hydrogen-bond donors (Lipinski definition) is 1. The van der Waals surface area contributed by atoms with Crippen molar-refractivity contribution >= 4 is 40.9 Å². The van der Waals surface area contributed by atoms with Crippen molar-refractivity contribution in [3.8, 4) is 0 Å². The van der Waals surface area contributed by atoms with Crippen LogP contribution in [-0.4, -0.2) is 34.9 Å². The van der Waals surface area contributed by atoms with Gasteiger partial charge < -0.3 is 10.6 Å². The van der Waals surface area contributed by atoms with Crippen molar-refractivity contribution in [2.75, 3.05) is 29.7 Å². The molecular weight excluding hydrogens is 328 g/mol. The molecule has 1 heterocycles. The number of hydrogen-bond acceptors (Lipinski definition) is 6. The molecule has 0 spiro atoms. The molecule has 0 bridgehead atoms. The summed E-state index contributed by atoms with van der Waals surface area (Å²) in [7, 11) is 1.75. The summed E-state index contributed by atoms with van der Waals surface area (Å²) < 4.78 is 0. The van der Waals surface area contributed by atoms with E-state index < -0.39 is 0 Å². The Morgan fingerprint density at radius 2 is 2.04 bits per heavy atom. The van der Waals surface area contributed by atoms with E-state index >= 15 is 0 Å². The molecule has 7 heteroatoms. The van der Waals surface area contributed by atoms with E-state index in [0.717, 1.165) is 10.7 Å². The Hall–Kier alpha value is -1.99.